The lowest BCUT2D eigenvalue weighted by molar-refractivity contribution is 0.0931. The van der Waals surface area contributed by atoms with Gasteiger partial charge in [-0.1, -0.05) is 11.6 Å². The van der Waals surface area contributed by atoms with E-state index in [1.807, 2.05) is 12.1 Å². The van der Waals surface area contributed by atoms with E-state index in [0.717, 1.165) is 31.3 Å². The van der Waals surface area contributed by atoms with Gasteiger partial charge in [-0.05, 0) is 50.2 Å². The molecule has 1 amide bonds. The van der Waals surface area contributed by atoms with Gasteiger partial charge in [-0.25, -0.2) is 0 Å². The molecule has 5 heteroatoms. The summed E-state index contributed by atoms with van der Waals surface area (Å²) in [4.78, 5) is 16.7. The molecular weight excluding hydrogens is 274 g/mol. The van der Waals surface area contributed by atoms with Crippen LogP contribution in [0.5, 0.6) is 0 Å². The van der Waals surface area contributed by atoms with Crippen molar-refractivity contribution in [1.29, 1.82) is 0 Å². The first-order chi connectivity index (χ1) is 9.75. The number of piperidine rings is 1. The van der Waals surface area contributed by atoms with Gasteiger partial charge in [0.15, 0.2) is 0 Å². The number of nitrogens with zero attached hydrogens (tertiary/aromatic N) is 1. The lowest BCUT2D eigenvalue weighted by atomic mass is 10.0. The predicted molar refractivity (Wildman–Crippen MR) is 80.1 cm³/mol. The minimum Gasteiger partial charge on any atom is -0.349 e. The molecule has 0 spiro atoms. The van der Waals surface area contributed by atoms with Crippen molar-refractivity contribution in [2.75, 3.05) is 13.1 Å². The molecule has 0 unspecified atom stereocenters. The second-order valence-corrected chi connectivity index (χ2v) is 5.40. The molecule has 0 bridgehead atoms. The summed E-state index contributed by atoms with van der Waals surface area (Å²) in [6.07, 6.45) is 3.61. The number of aromatic nitrogens is 1. The van der Waals surface area contributed by atoms with Crippen molar-refractivity contribution in [3.05, 3.63) is 41.0 Å². The van der Waals surface area contributed by atoms with E-state index in [4.69, 9.17) is 11.6 Å². The van der Waals surface area contributed by atoms with Crippen LogP contribution >= 0.6 is 11.6 Å². The van der Waals surface area contributed by atoms with Gasteiger partial charge in [-0.2, -0.15) is 0 Å². The Balaban J connectivity index is 1.89. The van der Waals surface area contributed by atoms with E-state index < -0.39 is 0 Å². The van der Waals surface area contributed by atoms with Gasteiger partial charge in [0.05, 0.1) is 16.1 Å². The third kappa shape index (κ3) is 2.62. The van der Waals surface area contributed by atoms with Crippen LogP contribution in [-0.2, 0) is 0 Å². The fourth-order valence-corrected chi connectivity index (χ4v) is 2.77. The molecule has 0 atom stereocenters. The summed E-state index contributed by atoms with van der Waals surface area (Å²) in [5.41, 5.74) is 1.25. The van der Waals surface area contributed by atoms with E-state index in [2.05, 4.69) is 15.6 Å². The van der Waals surface area contributed by atoms with Crippen LogP contribution in [0.4, 0.5) is 0 Å². The Morgan fingerprint density at radius 3 is 2.90 bits per heavy atom. The number of fused-ring (bicyclic) bond motifs is 1. The maximum atomic E-state index is 12.4. The number of rotatable bonds is 2. The summed E-state index contributed by atoms with van der Waals surface area (Å²) < 4.78 is 0. The molecule has 1 aromatic heterocycles. The standard InChI is InChI=1S/C15H16ClN3O/c16-13-4-3-12(14-11(13)2-1-7-18-14)15(20)19-10-5-8-17-9-6-10/h1-4,7,10,17H,5-6,8-9H2,(H,19,20). The molecule has 1 aromatic carbocycles. The summed E-state index contributed by atoms with van der Waals surface area (Å²) in [6, 6.07) is 7.43. The van der Waals surface area contributed by atoms with Gasteiger partial charge in [0.25, 0.3) is 5.91 Å². The van der Waals surface area contributed by atoms with Crippen molar-refractivity contribution in [3.63, 3.8) is 0 Å². The highest BCUT2D eigenvalue weighted by Gasteiger charge is 2.18. The first-order valence-corrected chi connectivity index (χ1v) is 7.18. The zero-order valence-electron chi connectivity index (χ0n) is 11.0. The zero-order valence-corrected chi connectivity index (χ0v) is 11.8. The molecule has 4 nitrogen and oxygen atoms in total. The normalized spacial score (nSPS) is 16.2. The van der Waals surface area contributed by atoms with Crippen molar-refractivity contribution in [2.45, 2.75) is 18.9 Å². The third-order valence-corrected chi connectivity index (χ3v) is 3.97. The molecule has 3 rings (SSSR count). The van der Waals surface area contributed by atoms with Gasteiger partial charge in [0.1, 0.15) is 0 Å². The third-order valence-electron chi connectivity index (χ3n) is 3.64. The topological polar surface area (TPSA) is 54.0 Å². The number of carbonyl (C=O) groups is 1. The Kier molecular flexibility index (Phi) is 3.85. The average molecular weight is 290 g/mol. The molecule has 1 saturated heterocycles. The maximum Gasteiger partial charge on any atom is 0.253 e. The summed E-state index contributed by atoms with van der Waals surface area (Å²) in [5, 5.41) is 7.80. The quantitative estimate of drug-likeness (QED) is 0.892. The summed E-state index contributed by atoms with van der Waals surface area (Å²) in [7, 11) is 0. The SMILES string of the molecule is O=C(NC1CCNCC1)c1ccc(Cl)c2cccnc12. The first kappa shape index (κ1) is 13.3. The number of nitrogens with one attached hydrogen (secondary N) is 2. The molecule has 2 heterocycles. The van der Waals surface area contributed by atoms with Gasteiger partial charge in [-0.3, -0.25) is 9.78 Å². The monoisotopic (exact) mass is 289 g/mol. The zero-order chi connectivity index (χ0) is 13.9. The highest BCUT2D eigenvalue weighted by molar-refractivity contribution is 6.36. The van der Waals surface area contributed by atoms with Crippen molar-refractivity contribution >= 4 is 28.4 Å². The molecule has 0 aliphatic carbocycles. The van der Waals surface area contributed by atoms with E-state index in [1.165, 1.54) is 0 Å². The predicted octanol–water partition coefficient (Wildman–Crippen LogP) is 2.37. The smallest absolute Gasteiger partial charge is 0.253 e. The van der Waals surface area contributed by atoms with Crippen molar-refractivity contribution in [1.82, 2.24) is 15.6 Å². The number of amides is 1. The molecule has 20 heavy (non-hydrogen) atoms. The fourth-order valence-electron chi connectivity index (χ4n) is 2.55. The second-order valence-electron chi connectivity index (χ2n) is 4.99. The lowest BCUT2D eigenvalue weighted by Gasteiger charge is -2.23. The van der Waals surface area contributed by atoms with Crippen molar-refractivity contribution in [2.24, 2.45) is 0 Å². The first-order valence-electron chi connectivity index (χ1n) is 6.80. The number of halogens is 1. The minimum atomic E-state index is -0.0720. The van der Waals surface area contributed by atoms with Crippen LogP contribution in [0.1, 0.15) is 23.2 Å². The van der Waals surface area contributed by atoms with E-state index in [-0.39, 0.29) is 11.9 Å². The molecule has 1 fully saturated rings. The van der Waals surface area contributed by atoms with Crippen LogP contribution < -0.4 is 10.6 Å². The number of hydrogen-bond acceptors (Lipinski definition) is 3. The van der Waals surface area contributed by atoms with E-state index in [9.17, 15) is 4.79 Å². The van der Waals surface area contributed by atoms with Crippen LogP contribution in [0.3, 0.4) is 0 Å². The Morgan fingerprint density at radius 1 is 1.30 bits per heavy atom. The Labute approximate surface area is 122 Å². The molecule has 1 aliphatic heterocycles. The van der Waals surface area contributed by atoms with Crippen LogP contribution in [0.25, 0.3) is 10.9 Å². The van der Waals surface area contributed by atoms with Gasteiger partial charge >= 0.3 is 0 Å². The summed E-state index contributed by atoms with van der Waals surface area (Å²) in [5.74, 6) is -0.0720. The average Bonchev–Trinajstić information content (AvgIpc) is 2.49. The number of pyridine rings is 1. The largest absolute Gasteiger partial charge is 0.349 e. The highest BCUT2D eigenvalue weighted by Crippen LogP contribution is 2.24. The molecule has 0 radical (unpaired) electrons. The minimum absolute atomic E-state index is 0.0720. The van der Waals surface area contributed by atoms with Crippen LogP contribution in [0, 0.1) is 0 Å². The van der Waals surface area contributed by atoms with Crippen LogP contribution in [0.15, 0.2) is 30.5 Å². The summed E-state index contributed by atoms with van der Waals surface area (Å²) in [6.45, 7) is 1.90. The lowest BCUT2D eigenvalue weighted by Crippen LogP contribution is -2.42. The van der Waals surface area contributed by atoms with Gasteiger partial charge in [0.2, 0.25) is 0 Å². The molecule has 104 valence electrons. The van der Waals surface area contributed by atoms with Crippen LogP contribution in [0.2, 0.25) is 5.02 Å². The molecule has 2 N–H and O–H groups in total. The summed E-state index contributed by atoms with van der Waals surface area (Å²) >= 11 is 6.15. The van der Waals surface area contributed by atoms with Gasteiger partial charge in [-0.15, -0.1) is 0 Å². The van der Waals surface area contributed by atoms with Crippen molar-refractivity contribution in [3.8, 4) is 0 Å². The second kappa shape index (κ2) is 5.77. The van der Waals surface area contributed by atoms with Crippen molar-refractivity contribution < 1.29 is 4.79 Å². The Morgan fingerprint density at radius 2 is 2.10 bits per heavy atom. The number of carbonyl (C=O) groups excluding carboxylic acids is 1. The Hall–Kier alpha value is -1.65. The Bertz CT molecular complexity index is 638. The van der Waals surface area contributed by atoms with E-state index >= 15 is 0 Å². The molecule has 1 aliphatic rings. The number of hydrogen-bond donors (Lipinski definition) is 2. The highest BCUT2D eigenvalue weighted by atomic mass is 35.5. The molecule has 0 saturated carbocycles. The molecular formula is C15H16ClN3O. The fraction of sp³-hybridized carbons (Fsp3) is 0.333. The van der Waals surface area contributed by atoms with Gasteiger partial charge < -0.3 is 10.6 Å². The number of benzene rings is 1. The maximum absolute atomic E-state index is 12.4. The van der Waals surface area contributed by atoms with E-state index in [0.29, 0.717) is 16.1 Å². The molecule has 2 aromatic rings. The van der Waals surface area contributed by atoms with Crippen LogP contribution in [-0.4, -0.2) is 30.0 Å². The van der Waals surface area contributed by atoms with Gasteiger partial charge in [0, 0.05) is 17.6 Å². The van der Waals surface area contributed by atoms with E-state index in [1.54, 1.807) is 18.3 Å².